The number of phosphoric ester groups is 1. The van der Waals surface area contributed by atoms with Gasteiger partial charge in [0.2, 0.25) is 0 Å². The van der Waals surface area contributed by atoms with Crippen molar-refractivity contribution in [2.45, 2.75) is 31.8 Å². The molecular formula is C13H17O4P. The lowest BCUT2D eigenvalue weighted by Gasteiger charge is -2.42. The van der Waals surface area contributed by atoms with Crippen LogP contribution in [0.5, 0.6) is 0 Å². The maximum atomic E-state index is 11.7. The highest BCUT2D eigenvalue weighted by atomic mass is 31.2. The molecule has 2 fully saturated rings. The minimum atomic E-state index is -3.89. The van der Waals surface area contributed by atoms with Crippen molar-refractivity contribution in [1.29, 1.82) is 0 Å². The molecule has 98 valence electrons. The number of rotatable bonds is 1. The number of hydrogen-bond donors (Lipinski definition) is 1. The van der Waals surface area contributed by atoms with Crippen molar-refractivity contribution in [3.05, 3.63) is 35.9 Å². The Morgan fingerprint density at radius 2 is 1.89 bits per heavy atom. The molecule has 1 saturated carbocycles. The van der Waals surface area contributed by atoms with E-state index in [9.17, 15) is 9.46 Å². The Labute approximate surface area is 107 Å². The molecule has 0 bridgehead atoms. The molecule has 4 nitrogen and oxygen atoms in total. The van der Waals surface area contributed by atoms with Gasteiger partial charge in [-0.3, -0.25) is 9.05 Å². The molecule has 5 heteroatoms. The monoisotopic (exact) mass is 268 g/mol. The van der Waals surface area contributed by atoms with Crippen LogP contribution in [0.3, 0.4) is 0 Å². The first-order valence-electron chi connectivity index (χ1n) is 6.32. The van der Waals surface area contributed by atoms with Gasteiger partial charge < -0.3 is 4.89 Å². The first-order chi connectivity index (χ1) is 8.61. The van der Waals surface area contributed by atoms with E-state index in [0.717, 1.165) is 31.2 Å². The van der Waals surface area contributed by atoms with Crippen molar-refractivity contribution in [2.24, 2.45) is 5.41 Å². The summed E-state index contributed by atoms with van der Waals surface area (Å²) >= 11 is 0. The van der Waals surface area contributed by atoms with Crippen molar-refractivity contribution in [3.63, 3.8) is 0 Å². The van der Waals surface area contributed by atoms with Gasteiger partial charge in [-0.25, -0.2) is 4.57 Å². The van der Waals surface area contributed by atoms with Gasteiger partial charge in [0.05, 0.1) is 6.61 Å². The third kappa shape index (κ3) is 2.14. The molecule has 1 N–H and O–H groups in total. The molecule has 2 aliphatic rings. The molecule has 18 heavy (non-hydrogen) atoms. The summed E-state index contributed by atoms with van der Waals surface area (Å²) in [5, 5.41) is 0. The second-order valence-corrected chi connectivity index (χ2v) is 6.61. The van der Waals surface area contributed by atoms with E-state index in [-0.39, 0.29) is 11.5 Å². The zero-order valence-electron chi connectivity index (χ0n) is 10.1. The van der Waals surface area contributed by atoms with Gasteiger partial charge in [0.25, 0.3) is 0 Å². The minimum Gasteiger partial charge on any atom is -0.302 e. The molecule has 1 aliphatic carbocycles. The van der Waals surface area contributed by atoms with Gasteiger partial charge in [0, 0.05) is 5.41 Å². The fourth-order valence-corrected chi connectivity index (χ4v) is 4.18. The fraction of sp³-hybridized carbons (Fsp3) is 0.538. The van der Waals surface area contributed by atoms with Gasteiger partial charge in [-0.05, 0) is 18.4 Å². The van der Waals surface area contributed by atoms with E-state index in [2.05, 4.69) is 0 Å². The average Bonchev–Trinajstić information content (AvgIpc) is 2.84. The Balaban J connectivity index is 1.97. The third-order valence-electron chi connectivity index (χ3n) is 4.01. The van der Waals surface area contributed by atoms with Gasteiger partial charge in [-0.15, -0.1) is 0 Å². The van der Waals surface area contributed by atoms with E-state index in [4.69, 9.17) is 9.05 Å². The lowest BCUT2D eigenvalue weighted by atomic mass is 9.78. The van der Waals surface area contributed by atoms with Crippen LogP contribution in [-0.4, -0.2) is 11.5 Å². The largest absolute Gasteiger partial charge is 0.472 e. The molecular weight excluding hydrogens is 251 g/mol. The van der Waals surface area contributed by atoms with E-state index in [1.54, 1.807) is 0 Å². The molecule has 2 atom stereocenters. The Hall–Kier alpha value is -0.670. The summed E-state index contributed by atoms with van der Waals surface area (Å²) < 4.78 is 22.1. The molecule has 2 unspecified atom stereocenters. The average molecular weight is 268 g/mol. The van der Waals surface area contributed by atoms with Crippen LogP contribution in [0.1, 0.15) is 37.4 Å². The SMILES string of the molecule is O=P1(O)OCC2(CCCC2)C(c2ccccc2)O1. The predicted molar refractivity (Wildman–Crippen MR) is 66.9 cm³/mol. The lowest BCUT2D eigenvalue weighted by molar-refractivity contribution is -0.0635. The molecule has 1 heterocycles. The highest BCUT2D eigenvalue weighted by Gasteiger charge is 2.51. The molecule has 1 spiro atoms. The van der Waals surface area contributed by atoms with Crippen LogP contribution in [0.2, 0.25) is 0 Å². The molecule has 1 saturated heterocycles. The zero-order chi connectivity index (χ0) is 12.6. The van der Waals surface area contributed by atoms with E-state index in [0.29, 0.717) is 6.61 Å². The van der Waals surface area contributed by atoms with Crippen LogP contribution >= 0.6 is 7.82 Å². The molecule has 0 amide bonds. The summed E-state index contributed by atoms with van der Waals surface area (Å²) in [6.07, 6.45) is 3.92. The third-order valence-corrected chi connectivity index (χ3v) is 4.94. The summed E-state index contributed by atoms with van der Waals surface area (Å²) in [7, 11) is -3.89. The van der Waals surface area contributed by atoms with E-state index in [1.165, 1.54) is 0 Å². The van der Waals surface area contributed by atoms with Crippen LogP contribution in [0.15, 0.2) is 30.3 Å². The summed E-state index contributed by atoms with van der Waals surface area (Å²) in [5.74, 6) is 0. The molecule has 1 aromatic carbocycles. The summed E-state index contributed by atoms with van der Waals surface area (Å²) in [6, 6.07) is 9.70. The van der Waals surface area contributed by atoms with E-state index in [1.807, 2.05) is 30.3 Å². The Morgan fingerprint density at radius 3 is 2.56 bits per heavy atom. The Morgan fingerprint density at radius 1 is 1.22 bits per heavy atom. The molecule has 0 aromatic heterocycles. The highest BCUT2D eigenvalue weighted by molar-refractivity contribution is 7.47. The summed E-state index contributed by atoms with van der Waals surface area (Å²) in [4.78, 5) is 9.56. The molecule has 0 radical (unpaired) electrons. The second-order valence-electron chi connectivity index (χ2n) is 5.21. The number of hydrogen-bond acceptors (Lipinski definition) is 3. The number of phosphoric acid groups is 1. The minimum absolute atomic E-state index is 0.127. The first-order valence-corrected chi connectivity index (χ1v) is 7.82. The van der Waals surface area contributed by atoms with Crippen LogP contribution in [-0.2, 0) is 13.6 Å². The van der Waals surface area contributed by atoms with Gasteiger partial charge in [-0.2, -0.15) is 0 Å². The zero-order valence-corrected chi connectivity index (χ0v) is 11.0. The van der Waals surface area contributed by atoms with E-state index < -0.39 is 7.82 Å². The second kappa shape index (κ2) is 4.46. The van der Waals surface area contributed by atoms with Gasteiger partial charge >= 0.3 is 7.82 Å². The quantitative estimate of drug-likeness (QED) is 0.793. The van der Waals surface area contributed by atoms with Gasteiger partial charge in [0.1, 0.15) is 6.10 Å². The molecule has 1 aliphatic heterocycles. The van der Waals surface area contributed by atoms with E-state index >= 15 is 0 Å². The normalized spacial score (nSPS) is 34.8. The molecule has 1 aromatic rings. The topological polar surface area (TPSA) is 55.8 Å². The van der Waals surface area contributed by atoms with Crippen molar-refractivity contribution in [1.82, 2.24) is 0 Å². The summed E-state index contributed by atoms with van der Waals surface area (Å²) in [6.45, 7) is 0.320. The number of benzene rings is 1. The maximum Gasteiger partial charge on any atom is 0.472 e. The first kappa shape index (κ1) is 12.4. The smallest absolute Gasteiger partial charge is 0.302 e. The van der Waals surface area contributed by atoms with Crippen LogP contribution in [0.25, 0.3) is 0 Å². The standard InChI is InChI=1S/C13H17O4P/c14-18(15)16-10-13(8-4-5-9-13)12(17-18)11-6-2-1-3-7-11/h1-3,6-7,12H,4-5,8-10H2,(H,14,15). The van der Waals surface area contributed by atoms with Crippen LogP contribution in [0.4, 0.5) is 0 Å². The van der Waals surface area contributed by atoms with Crippen molar-refractivity contribution < 1.29 is 18.5 Å². The fourth-order valence-electron chi connectivity index (χ4n) is 3.09. The van der Waals surface area contributed by atoms with Crippen molar-refractivity contribution in [3.8, 4) is 0 Å². The van der Waals surface area contributed by atoms with Crippen LogP contribution in [0, 0.1) is 5.41 Å². The van der Waals surface area contributed by atoms with Crippen molar-refractivity contribution in [2.75, 3.05) is 6.61 Å². The summed E-state index contributed by atoms with van der Waals surface area (Å²) in [5.41, 5.74) is 0.842. The highest BCUT2D eigenvalue weighted by Crippen LogP contribution is 2.62. The Bertz CT molecular complexity index is 467. The Kier molecular flexibility index (Phi) is 3.07. The lowest BCUT2D eigenvalue weighted by Crippen LogP contribution is -2.36. The van der Waals surface area contributed by atoms with Crippen molar-refractivity contribution >= 4 is 7.82 Å². The predicted octanol–water partition coefficient (Wildman–Crippen LogP) is 3.44. The van der Waals surface area contributed by atoms with Gasteiger partial charge in [-0.1, -0.05) is 43.2 Å². The maximum absolute atomic E-state index is 11.7. The van der Waals surface area contributed by atoms with Crippen LogP contribution < -0.4 is 0 Å². The molecule has 3 rings (SSSR count). The van der Waals surface area contributed by atoms with Gasteiger partial charge in [0.15, 0.2) is 0 Å².